The van der Waals surface area contributed by atoms with Crippen molar-refractivity contribution in [2.75, 3.05) is 20.3 Å². The van der Waals surface area contributed by atoms with E-state index in [2.05, 4.69) is 11.9 Å². The van der Waals surface area contributed by atoms with Crippen LogP contribution in [0.2, 0.25) is 0 Å². The topological polar surface area (TPSA) is 47.6 Å². The van der Waals surface area contributed by atoms with Gasteiger partial charge in [-0.15, -0.1) is 0 Å². The van der Waals surface area contributed by atoms with Crippen LogP contribution in [0, 0.1) is 0 Å². The summed E-state index contributed by atoms with van der Waals surface area (Å²) >= 11 is 0. The van der Waals surface area contributed by atoms with Crippen molar-refractivity contribution in [1.82, 2.24) is 5.32 Å². The highest BCUT2D eigenvalue weighted by Gasteiger charge is 2.18. The maximum Gasteiger partial charge on any atom is 0.251 e. The number of benzene rings is 1. The number of carbonyl (C=O) groups is 1. The van der Waals surface area contributed by atoms with Crippen molar-refractivity contribution in [1.29, 1.82) is 0 Å². The molecule has 1 N–H and O–H groups in total. The highest BCUT2D eigenvalue weighted by molar-refractivity contribution is 5.95. The standard InChI is InChI=1S/C14H17NO3/c1-3-10-8-11(4-5-13(10)17-2)14(16)15-12-6-7-18-9-12/h3-5,8,12H,1,6-7,9H2,2H3,(H,15,16). The summed E-state index contributed by atoms with van der Waals surface area (Å²) in [4.78, 5) is 12.0. The molecule has 1 heterocycles. The Morgan fingerprint density at radius 3 is 3.06 bits per heavy atom. The van der Waals surface area contributed by atoms with Crippen LogP contribution in [-0.2, 0) is 4.74 Å². The van der Waals surface area contributed by atoms with E-state index in [0.717, 1.165) is 12.0 Å². The summed E-state index contributed by atoms with van der Waals surface area (Å²) in [6.07, 6.45) is 2.55. The van der Waals surface area contributed by atoms with Crippen LogP contribution in [0.15, 0.2) is 24.8 Å². The van der Waals surface area contributed by atoms with E-state index in [4.69, 9.17) is 9.47 Å². The highest BCUT2D eigenvalue weighted by atomic mass is 16.5. The molecule has 0 saturated carbocycles. The number of nitrogens with one attached hydrogen (secondary N) is 1. The molecule has 1 unspecified atom stereocenters. The Kier molecular flexibility index (Phi) is 3.99. The van der Waals surface area contributed by atoms with Crippen LogP contribution in [0.4, 0.5) is 0 Å². The van der Waals surface area contributed by atoms with Crippen molar-refractivity contribution in [3.8, 4) is 5.75 Å². The van der Waals surface area contributed by atoms with Gasteiger partial charge in [-0.25, -0.2) is 0 Å². The van der Waals surface area contributed by atoms with Gasteiger partial charge in [0, 0.05) is 17.7 Å². The number of hydrogen-bond donors (Lipinski definition) is 1. The third-order valence-corrected chi connectivity index (χ3v) is 2.98. The van der Waals surface area contributed by atoms with E-state index in [9.17, 15) is 4.79 Å². The average molecular weight is 247 g/mol. The molecule has 0 radical (unpaired) electrons. The fourth-order valence-corrected chi connectivity index (χ4v) is 1.95. The first-order chi connectivity index (χ1) is 8.74. The first kappa shape index (κ1) is 12.6. The molecule has 4 nitrogen and oxygen atoms in total. The zero-order valence-electron chi connectivity index (χ0n) is 10.4. The fourth-order valence-electron chi connectivity index (χ4n) is 1.95. The molecule has 1 saturated heterocycles. The Morgan fingerprint density at radius 1 is 1.61 bits per heavy atom. The summed E-state index contributed by atoms with van der Waals surface area (Å²) in [6.45, 7) is 5.02. The number of amides is 1. The highest BCUT2D eigenvalue weighted by Crippen LogP contribution is 2.21. The van der Waals surface area contributed by atoms with Crippen LogP contribution < -0.4 is 10.1 Å². The summed E-state index contributed by atoms with van der Waals surface area (Å²) in [7, 11) is 1.60. The Hall–Kier alpha value is -1.81. The van der Waals surface area contributed by atoms with Crippen molar-refractivity contribution >= 4 is 12.0 Å². The van der Waals surface area contributed by atoms with Crippen molar-refractivity contribution in [2.24, 2.45) is 0 Å². The lowest BCUT2D eigenvalue weighted by Gasteiger charge is -2.12. The molecule has 1 aliphatic rings. The minimum atomic E-state index is -0.0868. The molecule has 2 rings (SSSR count). The molecular weight excluding hydrogens is 230 g/mol. The molecule has 96 valence electrons. The van der Waals surface area contributed by atoms with Crippen molar-refractivity contribution < 1.29 is 14.3 Å². The van der Waals surface area contributed by atoms with Gasteiger partial charge < -0.3 is 14.8 Å². The van der Waals surface area contributed by atoms with Crippen LogP contribution in [0.25, 0.3) is 6.08 Å². The molecule has 0 bridgehead atoms. The van der Waals surface area contributed by atoms with E-state index in [0.29, 0.717) is 24.5 Å². The number of carbonyl (C=O) groups excluding carboxylic acids is 1. The molecule has 1 amide bonds. The maximum atomic E-state index is 12.0. The molecule has 1 aromatic carbocycles. The normalized spacial score (nSPS) is 18.4. The predicted molar refractivity (Wildman–Crippen MR) is 69.8 cm³/mol. The van der Waals surface area contributed by atoms with Crippen LogP contribution in [0.1, 0.15) is 22.3 Å². The second-order valence-electron chi connectivity index (χ2n) is 4.19. The fraction of sp³-hybridized carbons (Fsp3) is 0.357. The average Bonchev–Trinajstić information content (AvgIpc) is 2.90. The summed E-state index contributed by atoms with van der Waals surface area (Å²) in [6, 6.07) is 5.41. The van der Waals surface area contributed by atoms with Crippen molar-refractivity contribution in [3.05, 3.63) is 35.9 Å². The van der Waals surface area contributed by atoms with Crippen molar-refractivity contribution in [3.63, 3.8) is 0 Å². The second-order valence-corrected chi connectivity index (χ2v) is 4.19. The quantitative estimate of drug-likeness (QED) is 0.883. The summed E-state index contributed by atoms with van der Waals surface area (Å²) in [5.74, 6) is 0.627. The smallest absolute Gasteiger partial charge is 0.251 e. The van der Waals surface area contributed by atoms with Crippen molar-refractivity contribution in [2.45, 2.75) is 12.5 Å². The third-order valence-electron chi connectivity index (χ3n) is 2.98. The minimum absolute atomic E-state index is 0.0868. The van der Waals surface area contributed by atoms with Crippen LogP contribution in [0.3, 0.4) is 0 Å². The monoisotopic (exact) mass is 247 g/mol. The molecule has 18 heavy (non-hydrogen) atoms. The lowest BCUT2D eigenvalue weighted by Crippen LogP contribution is -2.35. The summed E-state index contributed by atoms with van der Waals surface area (Å²) in [5.41, 5.74) is 1.42. The molecule has 0 aliphatic carbocycles. The Labute approximate surface area is 107 Å². The van der Waals surface area contributed by atoms with E-state index in [-0.39, 0.29) is 11.9 Å². The Bertz CT molecular complexity index is 450. The summed E-state index contributed by atoms with van der Waals surface area (Å²) in [5, 5.41) is 2.94. The predicted octanol–water partition coefficient (Wildman–Crippen LogP) is 1.86. The van der Waals surface area contributed by atoms with Gasteiger partial charge in [-0.3, -0.25) is 4.79 Å². The first-order valence-corrected chi connectivity index (χ1v) is 5.93. The van der Waals surface area contributed by atoms with Gasteiger partial charge in [-0.1, -0.05) is 12.7 Å². The number of rotatable bonds is 4. The van der Waals surface area contributed by atoms with E-state index in [1.54, 1.807) is 31.4 Å². The SMILES string of the molecule is C=Cc1cc(C(=O)NC2CCOC2)ccc1OC. The zero-order valence-corrected chi connectivity index (χ0v) is 10.4. The molecule has 4 heteroatoms. The first-order valence-electron chi connectivity index (χ1n) is 5.93. The van der Waals surface area contributed by atoms with Gasteiger partial charge in [0.25, 0.3) is 5.91 Å². The third kappa shape index (κ3) is 2.71. The summed E-state index contributed by atoms with van der Waals surface area (Å²) < 4.78 is 10.4. The molecule has 1 aromatic rings. The van der Waals surface area contributed by atoms with Gasteiger partial charge in [-0.05, 0) is 24.6 Å². The van der Waals surface area contributed by atoms with E-state index >= 15 is 0 Å². The molecule has 0 spiro atoms. The van der Waals surface area contributed by atoms with E-state index in [1.165, 1.54) is 0 Å². The molecule has 1 fully saturated rings. The lowest BCUT2D eigenvalue weighted by atomic mass is 10.1. The molecule has 1 aliphatic heterocycles. The maximum absolute atomic E-state index is 12.0. The van der Waals surface area contributed by atoms with Crippen LogP contribution in [0.5, 0.6) is 5.75 Å². The largest absolute Gasteiger partial charge is 0.496 e. The van der Waals surface area contributed by atoms with E-state index < -0.39 is 0 Å². The Balaban J connectivity index is 2.12. The van der Waals surface area contributed by atoms with Gasteiger partial charge >= 0.3 is 0 Å². The molecule has 0 aromatic heterocycles. The zero-order chi connectivity index (χ0) is 13.0. The van der Waals surface area contributed by atoms with Gasteiger partial charge in [0.05, 0.1) is 19.8 Å². The van der Waals surface area contributed by atoms with Gasteiger partial charge in [-0.2, -0.15) is 0 Å². The molecule has 1 atom stereocenters. The van der Waals surface area contributed by atoms with Gasteiger partial charge in [0.15, 0.2) is 0 Å². The number of methoxy groups -OCH3 is 1. The van der Waals surface area contributed by atoms with Crippen LogP contribution >= 0.6 is 0 Å². The Morgan fingerprint density at radius 2 is 2.44 bits per heavy atom. The lowest BCUT2D eigenvalue weighted by molar-refractivity contribution is 0.0930. The number of hydrogen-bond acceptors (Lipinski definition) is 3. The van der Waals surface area contributed by atoms with Gasteiger partial charge in [0.2, 0.25) is 0 Å². The van der Waals surface area contributed by atoms with Crippen LogP contribution in [-0.4, -0.2) is 32.3 Å². The van der Waals surface area contributed by atoms with Gasteiger partial charge in [0.1, 0.15) is 5.75 Å². The second kappa shape index (κ2) is 5.69. The minimum Gasteiger partial charge on any atom is -0.496 e. The molecular formula is C14H17NO3. The number of ether oxygens (including phenoxy) is 2. The van der Waals surface area contributed by atoms with E-state index in [1.807, 2.05) is 0 Å².